The first kappa shape index (κ1) is 10.4. The molecule has 1 unspecified atom stereocenters. The zero-order valence-corrected chi connectivity index (χ0v) is 6.73. The molecule has 0 bridgehead atoms. The number of nitrogens with zero attached hydrogens (tertiary/aromatic N) is 2. The summed E-state index contributed by atoms with van der Waals surface area (Å²) in [6, 6.07) is -0.539. The van der Waals surface area contributed by atoms with Crippen LogP contribution in [0.25, 0.3) is 0 Å². The number of halogens is 3. The highest BCUT2D eigenvalue weighted by atomic mass is 19.3. The average molecular weight is 206 g/mol. The summed E-state index contributed by atoms with van der Waals surface area (Å²) < 4.78 is 39.6. The summed E-state index contributed by atoms with van der Waals surface area (Å²) in [4.78, 5) is 16.8. The number of hydrogen-bond donors (Lipinski definition) is 0. The van der Waals surface area contributed by atoms with Crippen LogP contribution in [0.1, 0.15) is 10.4 Å². The molecule has 14 heavy (non-hydrogen) atoms. The van der Waals surface area contributed by atoms with Gasteiger partial charge in [-0.05, 0) is 0 Å². The SMILES string of the molecule is O=Cc1cnc(OC(F)C(F)F)nc1. The lowest BCUT2D eigenvalue weighted by molar-refractivity contribution is -0.0713. The Kier molecular flexibility index (Phi) is 3.38. The van der Waals surface area contributed by atoms with Crippen molar-refractivity contribution < 1.29 is 22.7 Å². The smallest absolute Gasteiger partial charge is 0.319 e. The number of hydrogen-bond acceptors (Lipinski definition) is 4. The summed E-state index contributed by atoms with van der Waals surface area (Å²) in [5.74, 6) is 0. The summed E-state index contributed by atoms with van der Waals surface area (Å²) in [6.45, 7) is 0. The molecule has 0 N–H and O–H groups in total. The minimum Gasteiger partial charge on any atom is -0.422 e. The number of aldehydes is 1. The fourth-order valence-corrected chi connectivity index (χ4v) is 0.600. The molecule has 0 aliphatic rings. The van der Waals surface area contributed by atoms with E-state index in [9.17, 15) is 18.0 Å². The summed E-state index contributed by atoms with van der Waals surface area (Å²) >= 11 is 0. The Balaban J connectivity index is 2.64. The molecule has 0 fully saturated rings. The summed E-state index contributed by atoms with van der Waals surface area (Å²) in [5, 5.41) is 0. The van der Waals surface area contributed by atoms with Crippen LogP contribution in [0.2, 0.25) is 0 Å². The van der Waals surface area contributed by atoms with Crippen LogP contribution in [-0.4, -0.2) is 29.0 Å². The molecule has 4 nitrogen and oxygen atoms in total. The molecule has 1 rings (SSSR count). The van der Waals surface area contributed by atoms with Crippen molar-refractivity contribution in [3.8, 4) is 6.01 Å². The fourth-order valence-electron chi connectivity index (χ4n) is 0.600. The van der Waals surface area contributed by atoms with Crippen LogP contribution >= 0.6 is 0 Å². The maximum absolute atomic E-state index is 12.3. The monoisotopic (exact) mass is 206 g/mol. The lowest BCUT2D eigenvalue weighted by Crippen LogP contribution is -2.20. The Bertz CT molecular complexity index is 304. The lowest BCUT2D eigenvalue weighted by atomic mass is 10.4. The first-order valence-corrected chi connectivity index (χ1v) is 3.49. The summed E-state index contributed by atoms with van der Waals surface area (Å²) in [7, 11) is 0. The van der Waals surface area contributed by atoms with Gasteiger partial charge in [0.25, 0.3) is 0 Å². The van der Waals surface area contributed by atoms with Crippen molar-refractivity contribution in [3.05, 3.63) is 18.0 Å². The Morgan fingerprint density at radius 3 is 2.29 bits per heavy atom. The highest BCUT2D eigenvalue weighted by Crippen LogP contribution is 2.10. The topological polar surface area (TPSA) is 52.1 Å². The molecule has 0 aliphatic carbocycles. The summed E-state index contributed by atoms with van der Waals surface area (Å²) in [6.07, 6.45) is -3.49. The van der Waals surface area contributed by atoms with Crippen LogP contribution < -0.4 is 4.74 Å². The van der Waals surface area contributed by atoms with Crippen LogP contribution in [-0.2, 0) is 0 Å². The van der Waals surface area contributed by atoms with E-state index in [1.807, 2.05) is 0 Å². The van der Waals surface area contributed by atoms with E-state index in [1.165, 1.54) is 0 Å². The quantitative estimate of drug-likeness (QED) is 0.695. The second kappa shape index (κ2) is 4.54. The van der Waals surface area contributed by atoms with Crippen molar-refractivity contribution in [3.63, 3.8) is 0 Å². The van der Waals surface area contributed by atoms with Crippen LogP contribution in [0, 0.1) is 0 Å². The normalized spacial score (nSPS) is 12.6. The van der Waals surface area contributed by atoms with Gasteiger partial charge in [-0.1, -0.05) is 0 Å². The van der Waals surface area contributed by atoms with Crippen LogP contribution in [0.15, 0.2) is 12.4 Å². The lowest BCUT2D eigenvalue weighted by Gasteiger charge is -2.07. The van der Waals surface area contributed by atoms with Crippen molar-refractivity contribution in [1.29, 1.82) is 0 Å². The third-order valence-corrected chi connectivity index (χ3v) is 1.20. The zero-order valence-electron chi connectivity index (χ0n) is 6.73. The summed E-state index contributed by atoms with van der Waals surface area (Å²) in [5.41, 5.74) is 0.143. The predicted molar refractivity (Wildman–Crippen MR) is 38.9 cm³/mol. The van der Waals surface area contributed by atoms with Crippen LogP contribution in [0.3, 0.4) is 0 Å². The second-order valence-electron chi connectivity index (χ2n) is 2.22. The molecular formula is C7H5F3N2O2. The molecule has 76 valence electrons. The first-order valence-electron chi connectivity index (χ1n) is 3.49. The van der Waals surface area contributed by atoms with Crippen molar-refractivity contribution in [2.75, 3.05) is 0 Å². The van der Waals surface area contributed by atoms with E-state index in [0.29, 0.717) is 6.29 Å². The van der Waals surface area contributed by atoms with E-state index in [-0.39, 0.29) is 5.56 Å². The van der Waals surface area contributed by atoms with E-state index in [4.69, 9.17) is 0 Å². The van der Waals surface area contributed by atoms with Crippen LogP contribution in [0.4, 0.5) is 13.2 Å². The highest BCUT2D eigenvalue weighted by Gasteiger charge is 2.21. The van der Waals surface area contributed by atoms with Gasteiger partial charge in [0.05, 0.1) is 5.56 Å². The van der Waals surface area contributed by atoms with Gasteiger partial charge in [0, 0.05) is 12.4 Å². The van der Waals surface area contributed by atoms with Crippen molar-refractivity contribution in [1.82, 2.24) is 9.97 Å². The average Bonchev–Trinajstić information content (AvgIpc) is 2.19. The maximum Gasteiger partial charge on any atom is 0.319 e. The van der Waals surface area contributed by atoms with Gasteiger partial charge in [-0.15, -0.1) is 0 Å². The molecule has 1 aromatic rings. The molecular weight excluding hydrogens is 201 g/mol. The second-order valence-corrected chi connectivity index (χ2v) is 2.22. The fraction of sp³-hybridized carbons (Fsp3) is 0.286. The number of rotatable bonds is 4. The third kappa shape index (κ3) is 2.68. The van der Waals surface area contributed by atoms with Gasteiger partial charge >= 0.3 is 18.8 Å². The predicted octanol–water partition coefficient (Wildman–Crippen LogP) is 1.23. The molecule has 7 heteroatoms. The van der Waals surface area contributed by atoms with Crippen LogP contribution in [0.5, 0.6) is 6.01 Å². The minimum absolute atomic E-state index is 0.143. The van der Waals surface area contributed by atoms with Gasteiger partial charge in [0.1, 0.15) is 0 Å². The molecule has 0 aromatic carbocycles. The Hall–Kier alpha value is -1.66. The molecule has 0 radical (unpaired) electrons. The Morgan fingerprint density at radius 2 is 1.86 bits per heavy atom. The van der Waals surface area contributed by atoms with E-state index in [2.05, 4.69) is 14.7 Å². The van der Waals surface area contributed by atoms with E-state index < -0.39 is 18.8 Å². The number of ether oxygens (including phenoxy) is 1. The van der Waals surface area contributed by atoms with Gasteiger partial charge in [0.15, 0.2) is 6.29 Å². The first-order chi connectivity index (χ1) is 6.63. The third-order valence-electron chi connectivity index (χ3n) is 1.20. The maximum atomic E-state index is 12.3. The molecule has 0 saturated heterocycles. The molecule has 1 atom stereocenters. The van der Waals surface area contributed by atoms with Gasteiger partial charge < -0.3 is 4.74 Å². The number of carbonyl (C=O) groups excluding carboxylic acids is 1. The van der Waals surface area contributed by atoms with Gasteiger partial charge in [-0.25, -0.2) is 18.7 Å². The minimum atomic E-state index is -3.26. The molecule has 0 saturated carbocycles. The van der Waals surface area contributed by atoms with E-state index in [0.717, 1.165) is 12.4 Å². The largest absolute Gasteiger partial charge is 0.422 e. The van der Waals surface area contributed by atoms with Crippen molar-refractivity contribution in [2.24, 2.45) is 0 Å². The van der Waals surface area contributed by atoms with E-state index >= 15 is 0 Å². The zero-order chi connectivity index (χ0) is 10.6. The highest BCUT2D eigenvalue weighted by molar-refractivity contribution is 5.73. The number of carbonyl (C=O) groups is 1. The van der Waals surface area contributed by atoms with Gasteiger partial charge in [0.2, 0.25) is 0 Å². The number of aromatic nitrogens is 2. The molecule has 0 aliphatic heterocycles. The standard InChI is InChI=1S/C7H5F3N2O2/c8-5(9)6(10)14-7-11-1-4(3-13)2-12-7/h1-3,5-6H. The molecule has 1 aromatic heterocycles. The number of alkyl halides is 3. The Morgan fingerprint density at radius 1 is 1.29 bits per heavy atom. The van der Waals surface area contributed by atoms with Gasteiger partial charge in [-0.3, -0.25) is 4.79 Å². The molecule has 0 spiro atoms. The van der Waals surface area contributed by atoms with Crippen molar-refractivity contribution in [2.45, 2.75) is 12.8 Å². The Labute approximate surface area is 76.7 Å². The van der Waals surface area contributed by atoms with E-state index in [1.54, 1.807) is 0 Å². The molecule has 0 amide bonds. The van der Waals surface area contributed by atoms with Crippen molar-refractivity contribution >= 4 is 6.29 Å². The van der Waals surface area contributed by atoms with Gasteiger partial charge in [-0.2, -0.15) is 4.39 Å². The molecule has 1 heterocycles.